The number of hydrogen-bond donors (Lipinski definition) is 4. The van der Waals surface area contributed by atoms with Crippen molar-refractivity contribution in [3.63, 3.8) is 0 Å². The van der Waals surface area contributed by atoms with Gasteiger partial charge in [-0.2, -0.15) is 5.10 Å². The fourth-order valence-corrected chi connectivity index (χ4v) is 2.59. The highest BCUT2D eigenvalue weighted by Crippen LogP contribution is 2.23. The standard InChI is InChI=1S/C20H20F2N4O4/c1-20(19(29)30,13-4-7-15(21)16(22)10-13)26-18(28)9-8-17(27)25-14-5-2-12(3-6-14)11-24-23/h2-7,10-11H,8-9,23H2,1H3,(H,25,27)(H,26,28)(H,29,30). The van der Waals surface area contributed by atoms with E-state index in [4.69, 9.17) is 5.84 Å². The number of carbonyl (C=O) groups excluding carboxylic acids is 2. The van der Waals surface area contributed by atoms with Gasteiger partial charge < -0.3 is 21.6 Å². The van der Waals surface area contributed by atoms with Crippen LogP contribution in [0, 0.1) is 11.6 Å². The van der Waals surface area contributed by atoms with E-state index >= 15 is 0 Å². The van der Waals surface area contributed by atoms with Crippen molar-refractivity contribution in [2.24, 2.45) is 10.9 Å². The molecule has 1 unspecified atom stereocenters. The zero-order valence-electron chi connectivity index (χ0n) is 16.0. The van der Waals surface area contributed by atoms with Crippen LogP contribution in [-0.4, -0.2) is 29.1 Å². The molecule has 0 radical (unpaired) electrons. The number of hydrazone groups is 1. The largest absolute Gasteiger partial charge is 0.479 e. The van der Waals surface area contributed by atoms with Crippen molar-refractivity contribution in [2.45, 2.75) is 25.3 Å². The zero-order chi connectivity index (χ0) is 22.3. The zero-order valence-corrected chi connectivity index (χ0v) is 16.0. The summed E-state index contributed by atoms with van der Waals surface area (Å²) in [6.45, 7) is 1.15. The second kappa shape index (κ2) is 9.59. The number of nitrogens with two attached hydrogens (primary N) is 1. The van der Waals surface area contributed by atoms with Crippen LogP contribution in [-0.2, 0) is 19.9 Å². The monoisotopic (exact) mass is 418 g/mol. The number of aliphatic carboxylic acids is 1. The topological polar surface area (TPSA) is 134 Å². The minimum atomic E-state index is -2.00. The van der Waals surface area contributed by atoms with Crippen LogP contribution < -0.4 is 16.5 Å². The van der Waals surface area contributed by atoms with Gasteiger partial charge >= 0.3 is 5.97 Å². The normalized spacial score (nSPS) is 12.9. The Morgan fingerprint density at radius 1 is 1.07 bits per heavy atom. The van der Waals surface area contributed by atoms with E-state index < -0.39 is 35.0 Å². The second-order valence-corrected chi connectivity index (χ2v) is 6.56. The lowest BCUT2D eigenvalue weighted by atomic mass is 9.91. The average Bonchev–Trinajstić information content (AvgIpc) is 2.70. The third-order valence-corrected chi connectivity index (χ3v) is 4.31. The number of benzene rings is 2. The van der Waals surface area contributed by atoms with Gasteiger partial charge in [0.1, 0.15) is 0 Å². The van der Waals surface area contributed by atoms with Gasteiger partial charge in [-0.3, -0.25) is 9.59 Å². The molecule has 30 heavy (non-hydrogen) atoms. The summed E-state index contributed by atoms with van der Waals surface area (Å²) in [6.07, 6.45) is 0.907. The van der Waals surface area contributed by atoms with E-state index in [1.807, 2.05) is 0 Å². The number of hydrogen-bond acceptors (Lipinski definition) is 5. The number of nitrogens with zero attached hydrogens (tertiary/aromatic N) is 1. The van der Waals surface area contributed by atoms with Crippen LogP contribution in [0.3, 0.4) is 0 Å². The van der Waals surface area contributed by atoms with Gasteiger partial charge in [-0.05, 0) is 42.3 Å². The lowest BCUT2D eigenvalue weighted by Crippen LogP contribution is -2.49. The minimum absolute atomic E-state index is 0.146. The molecule has 2 aromatic rings. The first-order chi connectivity index (χ1) is 14.2. The highest BCUT2D eigenvalue weighted by atomic mass is 19.2. The molecule has 2 aromatic carbocycles. The van der Waals surface area contributed by atoms with Crippen LogP contribution in [0.5, 0.6) is 0 Å². The van der Waals surface area contributed by atoms with E-state index in [9.17, 15) is 28.3 Å². The van der Waals surface area contributed by atoms with Crippen LogP contribution in [0.15, 0.2) is 47.6 Å². The van der Waals surface area contributed by atoms with E-state index in [1.165, 1.54) is 6.21 Å². The van der Waals surface area contributed by atoms with Gasteiger partial charge in [0, 0.05) is 18.5 Å². The number of anilines is 1. The molecule has 0 spiro atoms. The van der Waals surface area contributed by atoms with Crippen LogP contribution in [0.25, 0.3) is 0 Å². The van der Waals surface area contributed by atoms with Gasteiger partial charge in [-0.25, -0.2) is 13.6 Å². The van der Waals surface area contributed by atoms with E-state index in [0.29, 0.717) is 11.8 Å². The third-order valence-electron chi connectivity index (χ3n) is 4.31. The van der Waals surface area contributed by atoms with E-state index in [2.05, 4.69) is 15.7 Å². The molecule has 0 saturated heterocycles. The highest BCUT2D eigenvalue weighted by Gasteiger charge is 2.37. The fourth-order valence-electron chi connectivity index (χ4n) is 2.59. The number of nitrogens with one attached hydrogen (secondary N) is 2. The average molecular weight is 418 g/mol. The molecule has 158 valence electrons. The van der Waals surface area contributed by atoms with Crippen LogP contribution in [0.2, 0.25) is 0 Å². The summed E-state index contributed by atoms with van der Waals surface area (Å²) in [4.78, 5) is 35.9. The maximum absolute atomic E-state index is 13.5. The molecule has 5 N–H and O–H groups in total. The summed E-state index contributed by atoms with van der Waals surface area (Å²) >= 11 is 0. The summed E-state index contributed by atoms with van der Waals surface area (Å²) in [6, 6.07) is 9.15. The van der Waals surface area contributed by atoms with Crippen molar-refractivity contribution in [1.82, 2.24) is 5.32 Å². The van der Waals surface area contributed by atoms with Gasteiger partial charge in [-0.1, -0.05) is 18.2 Å². The Kier molecular flexibility index (Phi) is 7.18. The molecule has 0 saturated carbocycles. The molecular formula is C20H20F2N4O4. The van der Waals surface area contributed by atoms with Crippen molar-refractivity contribution in [3.05, 3.63) is 65.2 Å². The van der Waals surface area contributed by atoms with Gasteiger partial charge in [0.05, 0.1) is 6.21 Å². The van der Waals surface area contributed by atoms with E-state index in [0.717, 1.165) is 24.6 Å². The van der Waals surface area contributed by atoms with Crippen LogP contribution in [0.1, 0.15) is 30.9 Å². The number of carboxylic acid groups (broad SMARTS) is 1. The van der Waals surface area contributed by atoms with Crippen molar-refractivity contribution >= 4 is 29.7 Å². The summed E-state index contributed by atoms with van der Waals surface area (Å²) in [5, 5.41) is 17.7. The Morgan fingerprint density at radius 2 is 1.70 bits per heavy atom. The first kappa shape index (κ1) is 22.5. The minimum Gasteiger partial charge on any atom is -0.479 e. The van der Waals surface area contributed by atoms with Gasteiger partial charge in [0.15, 0.2) is 17.2 Å². The molecule has 0 aromatic heterocycles. The smallest absolute Gasteiger partial charge is 0.333 e. The summed E-state index contributed by atoms with van der Waals surface area (Å²) in [5.41, 5.74) is -0.915. The number of carboxylic acids is 1. The molecular weight excluding hydrogens is 398 g/mol. The summed E-state index contributed by atoms with van der Waals surface area (Å²) in [5.74, 6) is 0.00160. The predicted octanol–water partition coefficient (Wildman–Crippen LogP) is 2.09. The molecule has 0 aliphatic rings. The summed E-state index contributed by atoms with van der Waals surface area (Å²) in [7, 11) is 0. The molecule has 0 fully saturated rings. The molecule has 2 rings (SSSR count). The Hall–Kier alpha value is -3.82. The lowest BCUT2D eigenvalue weighted by Gasteiger charge is -2.27. The first-order valence-corrected chi connectivity index (χ1v) is 8.79. The Morgan fingerprint density at radius 3 is 2.27 bits per heavy atom. The SMILES string of the molecule is CC(NC(=O)CCC(=O)Nc1ccc(C=NN)cc1)(C(=O)O)c1ccc(F)c(F)c1. The van der Waals surface area contributed by atoms with Crippen molar-refractivity contribution in [1.29, 1.82) is 0 Å². The molecule has 10 heteroatoms. The number of rotatable bonds is 8. The molecule has 8 nitrogen and oxygen atoms in total. The Labute approximate surface area is 170 Å². The quantitative estimate of drug-likeness (QED) is 0.296. The second-order valence-electron chi connectivity index (χ2n) is 6.56. The molecule has 0 heterocycles. The number of halogens is 2. The van der Waals surface area contributed by atoms with Crippen molar-refractivity contribution in [2.75, 3.05) is 5.32 Å². The van der Waals surface area contributed by atoms with E-state index in [-0.39, 0.29) is 18.4 Å². The van der Waals surface area contributed by atoms with E-state index in [1.54, 1.807) is 24.3 Å². The number of amides is 2. The van der Waals surface area contributed by atoms with Gasteiger partial charge in [0.2, 0.25) is 11.8 Å². The Balaban J connectivity index is 1.97. The first-order valence-electron chi connectivity index (χ1n) is 8.79. The maximum Gasteiger partial charge on any atom is 0.333 e. The molecule has 0 bridgehead atoms. The fraction of sp³-hybridized carbons (Fsp3) is 0.200. The van der Waals surface area contributed by atoms with Gasteiger partial charge in [-0.15, -0.1) is 0 Å². The number of carbonyl (C=O) groups is 3. The summed E-state index contributed by atoms with van der Waals surface area (Å²) < 4.78 is 26.6. The van der Waals surface area contributed by atoms with Crippen molar-refractivity contribution < 1.29 is 28.3 Å². The Bertz CT molecular complexity index is 979. The predicted molar refractivity (Wildman–Crippen MR) is 106 cm³/mol. The maximum atomic E-state index is 13.5. The van der Waals surface area contributed by atoms with Crippen molar-refractivity contribution in [3.8, 4) is 0 Å². The highest BCUT2D eigenvalue weighted by molar-refractivity contribution is 5.94. The van der Waals surface area contributed by atoms with Crippen LogP contribution in [0.4, 0.5) is 14.5 Å². The molecule has 0 aliphatic carbocycles. The molecule has 2 amide bonds. The molecule has 1 atom stereocenters. The third kappa shape index (κ3) is 5.60. The molecule has 0 aliphatic heterocycles. The van der Waals surface area contributed by atoms with Gasteiger partial charge in [0.25, 0.3) is 0 Å². The van der Waals surface area contributed by atoms with Crippen LogP contribution >= 0.6 is 0 Å². The lowest BCUT2D eigenvalue weighted by molar-refractivity contribution is -0.147.